The number of hydrogen-bond donors (Lipinski definition) is 1. The molecule has 0 spiro atoms. The highest BCUT2D eigenvalue weighted by atomic mass is 19.3. The molecule has 0 aromatic heterocycles. The number of alkyl halides is 4. The van der Waals surface area contributed by atoms with Crippen molar-refractivity contribution in [1.29, 1.82) is 0 Å². The molecule has 10 heteroatoms. The van der Waals surface area contributed by atoms with Gasteiger partial charge in [0.15, 0.2) is 23.0 Å². The van der Waals surface area contributed by atoms with Crippen LogP contribution < -0.4 is 24.3 Å². The molecule has 0 saturated carbocycles. The number of carbonyl (C=O) groups is 1. The first kappa shape index (κ1) is 22.1. The number of rotatable bonds is 10. The molecule has 1 N–H and O–H groups in total. The summed E-state index contributed by atoms with van der Waals surface area (Å²) in [6.45, 7) is -5.82. The lowest BCUT2D eigenvalue weighted by Crippen LogP contribution is -2.25. The minimum Gasteiger partial charge on any atom is -0.493 e. The lowest BCUT2D eigenvalue weighted by atomic mass is 10.1. The van der Waals surface area contributed by atoms with E-state index in [-0.39, 0.29) is 35.1 Å². The molecule has 0 unspecified atom stereocenters. The van der Waals surface area contributed by atoms with Crippen molar-refractivity contribution < 1.29 is 41.3 Å². The maximum atomic E-state index is 12.5. The van der Waals surface area contributed by atoms with Crippen LogP contribution in [0, 0.1) is 0 Å². The molecule has 6 nitrogen and oxygen atoms in total. The average molecular weight is 417 g/mol. The van der Waals surface area contributed by atoms with Crippen LogP contribution in [0.3, 0.4) is 0 Å². The summed E-state index contributed by atoms with van der Waals surface area (Å²) in [5, 5.41) is 2.64. The van der Waals surface area contributed by atoms with Crippen molar-refractivity contribution in [2.45, 2.75) is 19.6 Å². The molecule has 1 amide bonds. The lowest BCUT2D eigenvalue weighted by Gasteiger charge is -2.13. The van der Waals surface area contributed by atoms with E-state index < -0.39 is 19.1 Å². The highest BCUT2D eigenvalue weighted by Gasteiger charge is 2.15. The van der Waals surface area contributed by atoms with Gasteiger partial charge >= 0.3 is 13.2 Å². The first-order valence-corrected chi connectivity index (χ1v) is 8.36. The van der Waals surface area contributed by atoms with Gasteiger partial charge < -0.3 is 24.3 Å². The minimum absolute atomic E-state index is 0.0121. The lowest BCUT2D eigenvalue weighted by molar-refractivity contribution is -0.0518. The third-order valence-electron chi connectivity index (χ3n) is 3.79. The standard InChI is InChI=1S/C19H19F4NO5/c1-26-13-5-3-11(9-16(13)29-19(22)23)7-8-24-17(25)12-4-6-14(28-18(20)21)15(10-12)27-2/h3-6,9-10,18-19H,7-8H2,1-2H3,(H,24,25). The first-order valence-electron chi connectivity index (χ1n) is 8.36. The highest BCUT2D eigenvalue weighted by molar-refractivity contribution is 5.94. The molecule has 0 fully saturated rings. The fraction of sp³-hybridized carbons (Fsp3) is 0.316. The number of methoxy groups -OCH3 is 2. The van der Waals surface area contributed by atoms with Gasteiger partial charge in [-0.05, 0) is 42.3 Å². The number of ether oxygens (including phenoxy) is 4. The van der Waals surface area contributed by atoms with Gasteiger partial charge in [-0.25, -0.2) is 0 Å². The van der Waals surface area contributed by atoms with E-state index in [0.717, 1.165) is 0 Å². The quantitative estimate of drug-likeness (QED) is 0.595. The molecule has 158 valence electrons. The molecular weight excluding hydrogens is 398 g/mol. The van der Waals surface area contributed by atoms with Crippen molar-refractivity contribution in [3.63, 3.8) is 0 Å². The van der Waals surface area contributed by atoms with Gasteiger partial charge in [0.05, 0.1) is 14.2 Å². The molecule has 0 radical (unpaired) electrons. The summed E-state index contributed by atoms with van der Waals surface area (Å²) < 4.78 is 68.3. The van der Waals surface area contributed by atoms with Crippen LogP contribution in [-0.2, 0) is 6.42 Å². The van der Waals surface area contributed by atoms with Gasteiger partial charge in [-0.2, -0.15) is 17.6 Å². The molecular formula is C19H19F4NO5. The van der Waals surface area contributed by atoms with Gasteiger partial charge in [-0.3, -0.25) is 4.79 Å². The fourth-order valence-electron chi connectivity index (χ4n) is 2.49. The van der Waals surface area contributed by atoms with Crippen LogP contribution in [0.1, 0.15) is 15.9 Å². The predicted octanol–water partition coefficient (Wildman–Crippen LogP) is 3.88. The first-order chi connectivity index (χ1) is 13.8. The summed E-state index contributed by atoms with van der Waals surface area (Å²) in [6, 6.07) is 8.34. The summed E-state index contributed by atoms with van der Waals surface area (Å²) in [7, 11) is 2.59. The van der Waals surface area contributed by atoms with Gasteiger partial charge in [0.1, 0.15) is 0 Å². The molecule has 0 aliphatic carbocycles. The van der Waals surface area contributed by atoms with E-state index in [9.17, 15) is 22.4 Å². The number of carbonyl (C=O) groups excluding carboxylic acids is 1. The van der Waals surface area contributed by atoms with Crippen LogP contribution in [0.5, 0.6) is 23.0 Å². The Bertz CT molecular complexity index is 832. The summed E-state index contributed by atoms with van der Waals surface area (Å²) >= 11 is 0. The Morgan fingerprint density at radius 1 is 0.862 bits per heavy atom. The zero-order valence-corrected chi connectivity index (χ0v) is 15.6. The van der Waals surface area contributed by atoms with Crippen molar-refractivity contribution in [2.75, 3.05) is 20.8 Å². The highest BCUT2D eigenvalue weighted by Crippen LogP contribution is 2.30. The second kappa shape index (κ2) is 10.4. The van der Waals surface area contributed by atoms with Crippen molar-refractivity contribution >= 4 is 5.91 Å². The summed E-state index contributed by atoms with van der Waals surface area (Å²) in [6.07, 6.45) is 0.332. The Hall–Kier alpha value is -3.17. The molecule has 0 atom stereocenters. The van der Waals surface area contributed by atoms with Crippen LogP contribution in [0.25, 0.3) is 0 Å². The normalized spacial score (nSPS) is 10.8. The zero-order chi connectivity index (χ0) is 21.4. The third-order valence-corrected chi connectivity index (χ3v) is 3.79. The topological polar surface area (TPSA) is 66.0 Å². The molecule has 2 aromatic carbocycles. The van der Waals surface area contributed by atoms with E-state index >= 15 is 0 Å². The SMILES string of the molecule is COc1cc(C(=O)NCCc2ccc(OC)c(OC(F)F)c2)ccc1OC(F)F. The maximum absolute atomic E-state index is 12.5. The van der Waals surface area contributed by atoms with Crippen molar-refractivity contribution in [3.8, 4) is 23.0 Å². The van der Waals surface area contributed by atoms with Crippen LogP contribution in [0.15, 0.2) is 36.4 Å². The zero-order valence-electron chi connectivity index (χ0n) is 15.6. The molecule has 0 heterocycles. The minimum atomic E-state index is -3.02. The Kier molecular flexibility index (Phi) is 7.93. The molecule has 0 aliphatic heterocycles. The van der Waals surface area contributed by atoms with Gasteiger partial charge in [-0.15, -0.1) is 0 Å². The molecule has 29 heavy (non-hydrogen) atoms. The molecule has 2 rings (SSSR count). The summed E-state index contributed by atoms with van der Waals surface area (Å²) in [5.74, 6) is -0.614. The van der Waals surface area contributed by atoms with Crippen LogP contribution in [-0.4, -0.2) is 39.9 Å². The van der Waals surface area contributed by atoms with Crippen molar-refractivity contribution in [2.24, 2.45) is 0 Å². The largest absolute Gasteiger partial charge is 0.493 e. The van der Waals surface area contributed by atoms with Crippen LogP contribution >= 0.6 is 0 Å². The van der Waals surface area contributed by atoms with E-state index in [2.05, 4.69) is 14.8 Å². The number of hydrogen-bond acceptors (Lipinski definition) is 5. The van der Waals surface area contributed by atoms with Gasteiger partial charge in [0, 0.05) is 12.1 Å². The monoisotopic (exact) mass is 417 g/mol. The Morgan fingerprint density at radius 3 is 2.10 bits per heavy atom. The number of benzene rings is 2. The smallest absolute Gasteiger partial charge is 0.387 e. The molecule has 0 bridgehead atoms. The Balaban J connectivity index is 1.99. The summed E-state index contributed by atoms with van der Waals surface area (Å²) in [4.78, 5) is 12.2. The van der Waals surface area contributed by atoms with Crippen LogP contribution in [0.4, 0.5) is 17.6 Å². The number of amides is 1. The van der Waals surface area contributed by atoms with Crippen molar-refractivity contribution in [3.05, 3.63) is 47.5 Å². The van der Waals surface area contributed by atoms with E-state index in [1.54, 1.807) is 6.07 Å². The maximum Gasteiger partial charge on any atom is 0.387 e. The Labute approximate surface area is 164 Å². The van der Waals surface area contributed by atoms with E-state index in [4.69, 9.17) is 9.47 Å². The Morgan fingerprint density at radius 2 is 1.48 bits per heavy atom. The van der Waals surface area contributed by atoms with Gasteiger partial charge in [-0.1, -0.05) is 6.07 Å². The molecule has 0 saturated heterocycles. The number of nitrogens with one attached hydrogen (secondary N) is 1. The second-order valence-corrected chi connectivity index (χ2v) is 5.61. The summed E-state index contributed by atoms with van der Waals surface area (Å²) in [5.41, 5.74) is 0.819. The predicted molar refractivity (Wildman–Crippen MR) is 95.3 cm³/mol. The van der Waals surface area contributed by atoms with Crippen molar-refractivity contribution in [1.82, 2.24) is 5.32 Å². The van der Waals surface area contributed by atoms with E-state index in [1.165, 1.54) is 44.6 Å². The third kappa shape index (κ3) is 6.44. The van der Waals surface area contributed by atoms with Gasteiger partial charge in [0.2, 0.25) is 0 Å². The second-order valence-electron chi connectivity index (χ2n) is 5.61. The van der Waals surface area contributed by atoms with E-state index in [1.807, 2.05) is 0 Å². The number of halogens is 4. The van der Waals surface area contributed by atoms with Crippen LogP contribution in [0.2, 0.25) is 0 Å². The fourth-order valence-corrected chi connectivity index (χ4v) is 2.49. The van der Waals surface area contributed by atoms with E-state index in [0.29, 0.717) is 12.0 Å². The molecule has 2 aromatic rings. The van der Waals surface area contributed by atoms with Gasteiger partial charge in [0.25, 0.3) is 5.91 Å². The average Bonchev–Trinajstić information content (AvgIpc) is 2.67. The molecule has 0 aliphatic rings.